The highest BCUT2D eigenvalue weighted by Crippen LogP contribution is 2.23. The van der Waals surface area contributed by atoms with Crippen molar-refractivity contribution < 1.29 is 0 Å². The van der Waals surface area contributed by atoms with Crippen molar-refractivity contribution in [3.05, 3.63) is 52.2 Å². The molecule has 2 rings (SSSR count). The van der Waals surface area contributed by atoms with Gasteiger partial charge in [0.15, 0.2) is 5.82 Å². The molecule has 0 spiro atoms. The van der Waals surface area contributed by atoms with Gasteiger partial charge in [-0.05, 0) is 37.5 Å². The number of thiocarbonyl (C=S) groups is 1. The van der Waals surface area contributed by atoms with Gasteiger partial charge in [-0.15, -0.1) is 5.10 Å². The molecule has 1 heterocycles. The van der Waals surface area contributed by atoms with Gasteiger partial charge in [0.2, 0.25) is 0 Å². The minimum absolute atomic E-state index is 0.358. The number of hydrogen-bond donors (Lipinski definition) is 1. The standard InChI is InChI=1S/C16H20N4S/c1-10-7-5-6-8-13(10)9-20(4)16-14(15(17)21)11(2)12(3)18-19-16/h5-8H,9H2,1-4H3,(H2,17,21). The van der Waals surface area contributed by atoms with Crippen molar-refractivity contribution in [2.45, 2.75) is 27.3 Å². The van der Waals surface area contributed by atoms with Gasteiger partial charge < -0.3 is 10.6 Å². The van der Waals surface area contributed by atoms with Gasteiger partial charge in [-0.25, -0.2) is 0 Å². The zero-order chi connectivity index (χ0) is 15.6. The highest BCUT2D eigenvalue weighted by Gasteiger charge is 2.17. The first kappa shape index (κ1) is 15.4. The van der Waals surface area contributed by atoms with Gasteiger partial charge in [0.25, 0.3) is 0 Å². The van der Waals surface area contributed by atoms with Crippen LogP contribution in [0.3, 0.4) is 0 Å². The smallest absolute Gasteiger partial charge is 0.161 e. The van der Waals surface area contributed by atoms with Crippen molar-refractivity contribution in [1.29, 1.82) is 0 Å². The monoisotopic (exact) mass is 300 g/mol. The molecule has 0 aliphatic rings. The molecule has 0 unspecified atom stereocenters. The van der Waals surface area contributed by atoms with Gasteiger partial charge in [0, 0.05) is 13.6 Å². The number of aromatic nitrogens is 2. The van der Waals surface area contributed by atoms with Gasteiger partial charge in [0.1, 0.15) is 4.99 Å². The van der Waals surface area contributed by atoms with Crippen LogP contribution in [0.5, 0.6) is 0 Å². The fourth-order valence-corrected chi connectivity index (χ4v) is 2.52. The van der Waals surface area contributed by atoms with E-state index in [0.29, 0.717) is 4.99 Å². The zero-order valence-electron chi connectivity index (χ0n) is 12.8. The van der Waals surface area contributed by atoms with Gasteiger partial charge in [-0.3, -0.25) is 0 Å². The molecule has 0 aliphatic heterocycles. The fourth-order valence-electron chi connectivity index (χ4n) is 2.28. The average Bonchev–Trinajstić information content (AvgIpc) is 2.43. The minimum atomic E-state index is 0.358. The van der Waals surface area contributed by atoms with Crippen LogP contribution in [0.4, 0.5) is 5.82 Å². The van der Waals surface area contributed by atoms with Crippen LogP contribution in [0, 0.1) is 20.8 Å². The average molecular weight is 300 g/mol. The van der Waals surface area contributed by atoms with Crippen molar-refractivity contribution in [2.24, 2.45) is 5.73 Å². The number of anilines is 1. The largest absolute Gasteiger partial charge is 0.389 e. The maximum atomic E-state index is 5.88. The molecule has 110 valence electrons. The molecular weight excluding hydrogens is 280 g/mol. The van der Waals surface area contributed by atoms with E-state index in [4.69, 9.17) is 18.0 Å². The molecule has 0 saturated carbocycles. The van der Waals surface area contributed by atoms with E-state index in [1.807, 2.05) is 37.9 Å². The summed E-state index contributed by atoms with van der Waals surface area (Å²) in [6, 6.07) is 8.29. The fraction of sp³-hybridized carbons (Fsp3) is 0.312. The van der Waals surface area contributed by atoms with Gasteiger partial charge >= 0.3 is 0 Å². The van der Waals surface area contributed by atoms with E-state index in [1.165, 1.54) is 11.1 Å². The Balaban J connectivity index is 2.40. The molecule has 2 aromatic rings. The van der Waals surface area contributed by atoms with E-state index in [2.05, 4.69) is 29.3 Å². The van der Waals surface area contributed by atoms with Gasteiger partial charge in [-0.1, -0.05) is 36.5 Å². The Bertz CT molecular complexity index is 682. The number of hydrogen-bond acceptors (Lipinski definition) is 4. The highest BCUT2D eigenvalue weighted by molar-refractivity contribution is 7.80. The molecular formula is C16H20N4S. The van der Waals surface area contributed by atoms with E-state index >= 15 is 0 Å². The van der Waals surface area contributed by atoms with E-state index in [-0.39, 0.29) is 0 Å². The Morgan fingerprint density at radius 1 is 1.19 bits per heavy atom. The lowest BCUT2D eigenvalue weighted by molar-refractivity contribution is 0.844. The predicted octanol–water partition coefficient (Wildman–Crippen LogP) is 2.67. The molecule has 0 saturated heterocycles. The van der Waals surface area contributed by atoms with Crippen molar-refractivity contribution in [1.82, 2.24) is 10.2 Å². The van der Waals surface area contributed by atoms with Crippen LogP contribution in [0.15, 0.2) is 24.3 Å². The van der Waals surface area contributed by atoms with Crippen LogP contribution in [0.25, 0.3) is 0 Å². The lowest BCUT2D eigenvalue weighted by Crippen LogP contribution is -2.25. The Hall–Kier alpha value is -2.01. The van der Waals surface area contributed by atoms with Crippen LogP contribution in [-0.4, -0.2) is 22.2 Å². The third kappa shape index (κ3) is 3.19. The molecule has 0 atom stereocenters. The third-order valence-electron chi connectivity index (χ3n) is 3.71. The maximum absolute atomic E-state index is 5.88. The predicted molar refractivity (Wildman–Crippen MR) is 90.7 cm³/mol. The van der Waals surface area contributed by atoms with Crippen molar-refractivity contribution in [3.63, 3.8) is 0 Å². The first-order valence-electron chi connectivity index (χ1n) is 6.81. The molecule has 5 heteroatoms. The molecule has 0 bridgehead atoms. The maximum Gasteiger partial charge on any atom is 0.161 e. The minimum Gasteiger partial charge on any atom is -0.389 e. The summed E-state index contributed by atoms with van der Waals surface area (Å²) in [4.78, 5) is 2.40. The molecule has 1 aromatic heterocycles. The number of aryl methyl sites for hydroxylation is 2. The van der Waals surface area contributed by atoms with Crippen LogP contribution in [0.1, 0.15) is 27.9 Å². The summed E-state index contributed by atoms with van der Waals surface area (Å²) in [6.45, 7) is 6.72. The lowest BCUT2D eigenvalue weighted by Gasteiger charge is -2.22. The summed E-state index contributed by atoms with van der Waals surface area (Å²) in [5.74, 6) is 0.730. The van der Waals surface area contributed by atoms with E-state index in [1.54, 1.807) is 0 Å². The second-order valence-corrected chi connectivity index (χ2v) is 5.70. The molecule has 0 fully saturated rings. The summed E-state index contributed by atoms with van der Waals surface area (Å²) in [5, 5.41) is 8.49. The quantitative estimate of drug-likeness (QED) is 0.880. The second kappa shape index (κ2) is 6.18. The Morgan fingerprint density at radius 3 is 2.48 bits per heavy atom. The number of benzene rings is 1. The van der Waals surface area contributed by atoms with E-state index < -0.39 is 0 Å². The molecule has 0 amide bonds. The van der Waals surface area contributed by atoms with Crippen LogP contribution in [-0.2, 0) is 6.54 Å². The van der Waals surface area contributed by atoms with E-state index in [0.717, 1.165) is 29.2 Å². The molecule has 0 aliphatic carbocycles. The Kier molecular flexibility index (Phi) is 4.53. The van der Waals surface area contributed by atoms with Crippen LogP contribution >= 0.6 is 12.2 Å². The van der Waals surface area contributed by atoms with Crippen LogP contribution in [0.2, 0.25) is 0 Å². The van der Waals surface area contributed by atoms with Crippen LogP contribution < -0.4 is 10.6 Å². The summed E-state index contributed by atoms with van der Waals surface area (Å²) in [7, 11) is 1.98. The SMILES string of the molecule is Cc1ccccc1CN(C)c1nnc(C)c(C)c1C(N)=S. The van der Waals surface area contributed by atoms with Crippen molar-refractivity contribution >= 4 is 23.0 Å². The summed E-state index contributed by atoms with van der Waals surface area (Å²) >= 11 is 5.19. The molecule has 21 heavy (non-hydrogen) atoms. The highest BCUT2D eigenvalue weighted by atomic mass is 32.1. The normalized spacial score (nSPS) is 10.5. The first-order valence-corrected chi connectivity index (χ1v) is 7.22. The van der Waals surface area contributed by atoms with Crippen molar-refractivity contribution in [3.8, 4) is 0 Å². The zero-order valence-corrected chi connectivity index (χ0v) is 13.7. The number of nitrogens with two attached hydrogens (primary N) is 1. The second-order valence-electron chi connectivity index (χ2n) is 5.26. The lowest BCUT2D eigenvalue weighted by atomic mass is 10.1. The Labute approximate surface area is 131 Å². The molecule has 1 aromatic carbocycles. The van der Waals surface area contributed by atoms with E-state index in [9.17, 15) is 0 Å². The number of rotatable bonds is 4. The van der Waals surface area contributed by atoms with Gasteiger partial charge in [0.05, 0.1) is 11.3 Å². The van der Waals surface area contributed by atoms with Gasteiger partial charge in [-0.2, -0.15) is 5.10 Å². The summed E-state index contributed by atoms with van der Waals surface area (Å²) in [5.41, 5.74) is 11.0. The first-order chi connectivity index (χ1) is 9.91. The third-order valence-corrected chi connectivity index (χ3v) is 3.92. The molecule has 2 N–H and O–H groups in total. The number of nitrogens with zero attached hydrogens (tertiary/aromatic N) is 3. The molecule has 4 nitrogen and oxygen atoms in total. The summed E-state index contributed by atoms with van der Waals surface area (Å²) < 4.78 is 0. The summed E-state index contributed by atoms with van der Waals surface area (Å²) in [6.07, 6.45) is 0. The Morgan fingerprint density at radius 2 is 1.86 bits per heavy atom. The van der Waals surface area contributed by atoms with Crippen molar-refractivity contribution in [2.75, 3.05) is 11.9 Å². The molecule has 0 radical (unpaired) electrons. The topological polar surface area (TPSA) is 55.0 Å².